The van der Waals surface area contributed by atoms with Crippen LogP contribution in [-0.4, -0.2) is 37.3 Å². The number of esters is 1. The molecular weight excluding hydrogens is 308 g/mol. The fourth-order valence-corrected chi connectivity index (χ4v) is 2.63. The van der Waals surface area contributed by atoms with Crippen molar-refractivity contribution < 1.29 is 19.0 Å². The van der Waals surface area contributed by atoms with Crippen LogP contribution in [-0.2, 0) is 9.47 Å². The second kappa shape index (κ2) is 7.02. The van der Waals surface area contributed by atoms with Gasteiger partial charge in [0.1, 0.15) is 18.4 Å². The zero-order chi connectivity index (χ0) is 16.9. The van der Waals surface area contributed by atoms with E-state index in [-0.39, 0.29) is 13.2 Å². The van der Waals surface area contributed by atoms with E-state index in [1.54, 1.807) is 13.2 Å². The molecule has 6 heteroatoms. The molecule has 0 radical (unpaired) electrons. The van der Waals surface area contributed by atoms with Gasteiger partial charge in [-0.1, -0.05) is 6.07 Å². The van der Waals surface area contributed by atoms with Crippen molar-refractivity contribution in [2.45, 2.75) is 0 Å². The maximum absolute atomic E-state index is 12.5. The molecule has 0 bridgehead atoms. The Morgan fingerprint density at radius 2 is 2.08 bits per heavy atom. The fraction of sp³-hybridized carbons (Fsp3) is 0.222. The third-order valence-electron chi connectivity index (χ3n) is 3.64. The zero-order valence-corrected chi connectivity index (χ0v) is 13.2. The number of methoxy groups -OCH3 is 1. The fourth-order valence-electron chi connectivity index (χ4n) is 2.63. The van der Waals surface area contributed by atoms with Crippen LogP contribution in [0.15, 0.2) is 42.6 Å². The Kier molecular flexibility index (Phi) is 4.64. The molecule has 3 rings (SSSR count). The van der Waals surface area contributed by atoms with Gasteiger partial charge in [0.25, 0.3) is 0 Å². The summed E-state index contributed by atoms with van der Waals surface area (Å²) in [5.41, 5.74) is 2.08. The highest BCUT2D eigenvalue weighted by molar-refractivity contribution is 6.11. The number of nitriles is 1. The van der Waals surface area contributed by atoms with Crippen molar-refractivity contribution in [1.82, 2.24) is 4.40 Å². The first-order valence-electron chi connectivity index (χ1n) is 7.45. The smallest absolute Gasteiger partial charge is 0.341 e. The second-order valence-electron chi connectivity index (χ2n) is 5.09. The number of ether oxygens (including phenoxy) is 3. The predicted molar refractivity (Wildman–Crippen MR) is 88.2 cm³/mol. The molecule has 0 saturated heterocycles. The van der Waals surface area contributed by atoms with Gasteiger partial charge in [0.15, 0.2) is 6.61 Å². The maximum Gasteiger partial charge on any atom is 0.341 e. The lowest BCUT2D eigenvalue weighted by atomic mass is 10.1. The number of hydrogen-bond acceptors (Lipinski definition) is 5. The molecule has 1 aromatic carbocycles. The highest BCUT2D eigenvalue weighted by Crippen LogP contribution is 2.30. The van der Waals surface area contributed by atoms with Crippen LogP contribution in [0, 0.1) is 11.3 Å². The van der Waals surface area contributed by atoms with Crippen molar-refractivity contribution in [2.24, 2.45) is 0 Å². The first-order chi connectivity index (χ1) is 11.8. The molecule has 0 unspecified atom stereocenters. The molecule has 0 N–H and O–H groups in total. The molecule has 24 heavy (non-hydrogen) atoms. The number of rotatable bonds is 6. The summed E-state index contributed by atoms with van der Waals surface area (Å²) in [5, 5.41) is 9.41. The average molecular weight is 324 g/mol. The Morgan fingerprint density at radius 1 is 1.21 bits per heavy atom. The van der Waals surface area contributed by atoms with Crippen molar-refractivity contribution in [3.05, 3.63) is 48.2 Å². The number of nitrogens with zero attached hydrogens (tertiary/aromatic N) is 2. The second-order valence-corrected chi connectivity index (χ2v) is 5.09. The van der Waals surface area contributed by atoms with Crippen molar-refractivity contribution >= 4 is 22.4 Å². The van der Waals surface area contributed by atoms with Crippen molar-refractivity contribution in [3.63, 3.8) is 0 Å². The molecule has 3 aromatic rings. The molecule has 122 valence electrons. The van der Waals surface area contributed by atoms with E-state index in [4.69, 9.17) is 19.5 Å². The Hall–Kier alpha value is -3.04. The van der Waals surface area contributed by atoms with Crippen LogP contribution in [0.4, 0.5) is 0 Å². The highest BCUT2D eigenvalue weighted by Gasteiger charge is 2.19. The van der Waals surface area contributed by atoms with Gasteiger partial charge in [-0.25, -0.2) is 4.79 Å². The molecule has 0 amide bonds. The number of aromatic nitrogens is 1. The maximum atomic E-state index is 12.5. The van der Waals surface area contributed by atoms with Gasteiger partial charge in [-0.2, -0.15) is 5.26 Å². The van der Waals surface area contributed by atoms with Crippen LogP contribution >= 0.6 is 0 Å². The number of carbonyl (C=O) groups is 1. The van der Waals surface area contributed by atoms with Gasteiger partial charge in [-0.15, -0.1) is 0 Å². The lowest BCUT2D eigenvalue weighted by Gasteiger charge is -2.04. The quantitative estimate of drug-likeness (QED) is 0.515. The molecule has 0 fully saturated rings. The average Bonchev–Trinajstić information content (AvgIpc) is 2.94. The molecule has 6 nitrogen and oxygen atoms in total. The molecule has 0 atom stereocenters. The molecular formula is C18H16N2O4. The number of fused-ring (bicyclic) bond motifs is 3. The van der Waals surface area contributed by atoms with Crippen molar-refractivity contribution in [2.75, 3.05) is 26.9 Å². The van der Waals surface area contributed by atoms with Crippen molar-refractivity contribution in [1.29, 1.82) is 5.26 Å². The normalized spacial score (nSPS) is 10.7. The van der Waals surface area contributed by atoms with Gasteiger partial charge < -0.3 is 18.6 Å². The molecule has 2 heterocycles. The summed E-state index contributed by atoms with van der Waals surface area (Å²) in [7, 11) is 1.56. The first kappa shape index (κ1) is 15.8. The third kappa shape index (κ3) is 2.90. The number of benzene rings is 1. The summed E-state index contributed by atoms with van der Waals surface area (Å²) >= 11 is 0. The van der Waals surface area contributed by atoms with E-state index in [1.165, 1.54) is 0 Å². The summed E-state index contributed by atoms with van der Waals surface area (Å²) in [4.78, 5) is 12.5. The summed E-state index contributed by atoms with van der Waals surface area (Å²) < 4.78 is 17.5. The minimum atomic E-state index is -0.392. The molecule has 0 aliphatic heterocycles. The summed E-state index contributed by atoms with van der Waals surface area (Å²) in [5.74, 6) is 0.183. The van der Waals surface area contributed by atoms with Crippen LogP contribution in [0.1, 0.15) is 10.4 Å². The standard InChI is InChI=1S/C18H16N2O4/c1-22-10-11-24-18(21)17-14-6-5-13(23-9-7-19)12-16(14)20-8-3-2-4-15(17)20/h2-6,8,12H,9-11H2,1H3. The van der Waals surface area contributed by atoms with Gasteiger partial charge >= 0.3 is 5.97 Å². The SMILES string of the molecule is COCCOC(=O)c1c2ccc(OCC#N)cc2n2ccccc12. The van der Waals surface area contributed by atoms with E-state index in [0.717, 1.165) is 16.4 Å². The largest absolute Gasteiger partial charge is 0.479 e. The van der Waals surface area contributed by atoms with E-state index >= 15 is 0 Å². The van der Waals surface area contributed by atoms with Crippen molar-refractivity contribution in [3.8, 4) is 11.8 Å². The molecule has 0 saturated carbocycles. The minimum Gasteiger partial charge on any atom is -0.479 e. The summed E-state index contributed by atoms with van der Waals surface area (Å²) in [6.45, 7) is 0.521. The van der Waals surface area contributed by atoms with Gasteiger partial charge in [0.2, 0.25) is 0 Å². The van der Waals surface area contributed by atoms with Gasteiger partial charge in [0, 0.05) is 24.8 Å². The van der Waals surface area contributed by atoms with Crippen LogP contribution in [0.25, 0.3) is 16.4 Å². The number of pyridine rings is 1. The van der Waals surface area contributed by atoms with E-state index in [1.807, 2.05) is 47.0 Å². The molecule has 0 aliphatic carbocycles. The minimum absolute atomic E-state index is 0.0271. The molecule has 0 aliphatic rings. The lowest BCUT2D eigenvalue weighted by Crippen LogP contribution is -2.10. The first-order valence-corrected chi connectivity index (χ1v) is 7.45. The van der Waals surface area contributed by atoms with E-state index in [2.05, 4.69) is 0 Å². The number of carbonyl (C=O) groups excluding carboxylic acids is 1. The zero-order valence-electron chi connectivity index (χ0n) is 13.2. The molecule has 2 aromatic heterocycles. The number of hydrogen-bond donors (Lipinski definition) is 0. The monoisotopic (exact) mass is 324 g/mol. The van der Waals surface area contributed by atoms with Crippen LogP contribution < -0.4 is 4.74 Å². The highest BCUT2D eigenvalue weighted by atomic mass is 16.6. The van der Waals surface area contributed by atoms with Gasteiger partial charge in [-0.05, 0) is 24.3 Å². The Bertz CT molecular complexity index is 924. The van der Waals surface area contributed by atoms with E-state index in [9.17, 15) is 4.79 Å². The lowest BCUT2D eigenvalue weighted by molar-refractivity contribution is 0.0392. The topological polar surface area (TPSA) is 73.0 Å². The van der Waals surface area contributed by atoms with Crippen LogP contribution in [0.5, 0.6) is 5.75 Å². The Balaban J connectivity index is 2.09. The molecule has 0 spiro atoms. The summed E-state index contributed by atoms with van der Waals surface area (Å²) in [6.07, 6.45) is 1.87. The van der Waals surface area contributed by atoms with E-state index < -0.39 is 5.97 Å². The summed E-state index contributed by atoms with van der Waals surface area (Å²) in [6, 6.07) is 12.9. The van der Waals surface area contributed by atoms with Gasteiger partial charge in [0.05, 0.1) is 23.2 Å². The van der Waals surface area contributed by atoms with E-state index in [0.29, 0.717) is 17.9 Å². The van der Waals surface area contributed by atoms with Crippen LogP contribution in [0.3, 0.4) is 0 Å². The third-order valence-corrected chi connectivity index (χ3v) is 3.64. The van der Waals surface area contributed by atoms with Crippen LogP contribution in [0.2, 0.25) is 0 Å². The van der Waals surface area contributed by atoms with Gasteiger partial charge in [-0.3, -0.25) is 0 Å². The Labute approximate surface area is 138 Å². The Morgan fingerprint density at radius 3 is 2.88 bits per heavy atom. The predicted octanol–water partition coefficient (Wildman–Crippen LogP) is 2.80.